The van der Waals surface area contributed by atoms with Gasteiger partial charge >= 0.3 is 0 Å². The van der Waals surface area contributed by atoms with E-state index in [1.54, 1.807) is 0 Å². The Morgan fingerprint density at radius 1 is 1.31 bits per heavy atom. The molecule has 3 nitrogen and oxygen atoms in total. The average molecular weight is 223 g/mol. The van der Waals surface area contributed by atoms with Crippen LogP contribution in [0.4, 0.5) is 0 Å². The summed E-state index contributed by atoms with van der Waals surface area (Å²) in [7, 11) is 0. The van der Waals surface area contributed by atoms with Gasteiger partial charge in [0.05, 0.1) is 18.8 Å². The van der Waals surface area contributed by atoms with Crippen LogP contribution in [0.15, 0.2) is 23.8 Å². The quantitative estimate of drug-likeness (QED) is 0.752. The van der Waals surface area contributed by atoms with Crippen molar-refractivity contribution in [3.8, 4) is 0 Å². The SMILES string of the molecule is OCC(C1=CCCC=C1)N1CCC(O)CC1. The molecule has 0 radical (unpaired) electrons. The second-order valence-electron chi connectivity index (χ2n) is 4.65. The van der Waals surface area contributed by atoms with Crippen LogP contribution in [0.3, 0.4) is 0 Å². The molecule has 0 amide bonds. The molecular weight excluding hydrogens is 202 g/mol. The number of aliphatic hydroxyl groups excluding tert-OH is 2. The van der Waals surface area contributed by atoms with E-state index >= 15 is 0 Å². The highest BCUT2D eigenvalue weighted by Crippen LogP contribution is 2.21. The number of aliphatic hydroxyl groups is 2. The zero-order valence-corrected chi connectivity index (χ0v) is 9.68. The molecule has 2 N–H and O–H groups in total. The molecule has 0 bridgehead atoms. The number of likely N-dealkylation sites (tertiary alicyclic amines) is 1. The first kappa shape index (κ1) is 11.8. The third-order valence-electron chi connectivity index (χ3n) is 3.52. The van der Waals surface area contributed by atoms with Crippen molar-refractivity contribution in [1.29, 1.82) is 0 Å². The zero-order valence-electron chi connectivity index (χ0n) is 9.68. The Bertz CT molecular complexity index is 278. The molecule has 16 heavy (non-hydrogen) atoms. The van der Waals surface area contributed by atoms with E-state index < -0.39 is 0 Å². The Kier molecular flexibility index (Phi) is 4.16. The highest BCUT2D eigenvalue weighted by molar-refractivity contribution is 5.28. The van der Waals surface area contributed by atoms with Crippen molar-refractivity contribution in [2.45, 2.75) is 37.8 Å². The maximum absolute atomic E-state index is 9.52. The lowest BCUT2D eigenvalue weighted by Gasteiger charge is -2.36. The number of piperidine rings is 1. The van der Waals surface area contributed by atoms with Crippen molar-refractivity contribution in [2.24, 2.45) is 0 Å². The van der Waals surface area contributed by atoms with Gasteiger partial charge in [-0.1, -0.05) is 18.2 Å². The van der Waals surface area contributed by atoms with E-state index in [0.29, 0.717) is 0 Å². The van der Waals surface area contributed by atoms with Gasteiger partial charge in [0.1, 0.15) is 0 Å². The molecule has 90 valence electrons. The molecule has 1 atom stereocenters. The molecule has 0 aromatic carbocycles. The van der Waals surface area contributed by atoms with Gasteiger partial charge in [0.2, 0.25) is 0 Å². The molecular formula is C13H21NO2. The summed E-state index contributed by atoms with van der Waals surface area (Å²) in [5.74, 6) is 0. The fourth-order valence-electron chi connectivity index (χ4n) is 2.51. The van der Waals surface area contributed by atoms with Crippen LogP contribution in [0.2, 0.25) is 0 Å². The van der Waals surface area contributed by atoms with Crippen molar-refractivity contribution < 1.29 is 10.2 Å². The van der Waals surface area contributed by atoms with Crippen molar-refractivity contribution in [2.75, 3.05) is 19.7 Å². The number of hydrogen-bond acceptors (Lipinski definition) is 3. The smallest absolute Gasteiger partial charge is 0.0628 e. The minimum absolute atomic E-state index is 0.129. The molecule has 0 aromatic heterocycles. The summed E-state index contributed by atoms with van der Waals surface area (Å²) in [6.07, 6.45) is 10.2. The fraction of sp³-hybridized carbons (Fsp3) is 0.692. The first-order chi connectivity index (χ1) is 7.81. The predicted molar refractivity (Wildman–Crippen MR) is 64.1 cm³/mol. The standard InChI is InChI=1S/C13H21NO2/c15-10-13(11-4-2-1-3-5-11)14-8-6-12(16)7-9-14/h2,4-5,12-13,15-16H,1,3,6-10H2. The summed E-state index contributed by atoms with van der Waals surface area (Å²) in [6.45, 7) is 1.95. The van der Waals surface area contributed by atoms with Crippen LogP contribution in [0.1, 0.15) is 25.7 Å². The highest BCUT2D eigenvalue weighted by atomic mass is 16.3. The van der Waals surface area contributed by atoms with E-state index in [-0.39, 0.29) is 18.8 Å². The highest BCUT2D eigenvalue weighted by Gasteiger charge is 2.25. The number of allylic oxidation sites excluding steroid dienone is 2. The first-order valence-corrected chi connectivity index (χ1v) is 6.21. The summed E-state index contributed by atoms with van der Waals surface area (Å²) >= 11 is 0. The normalized spacial score (nSPS) is 25.5. The van der Waals surface area contributed by atoms with E-state index in [1.165, 1.54) is 5.57 Å². The van der Waals surface area contributed by atoms with E-state index in [9.17, 15) is 10.2 Å². The van der Waals surface area contributed by atoms with Gasteiger partial charge in [-0.25, -0.2) is 0 Å². The molecule has 0 spiro atoms. The van der Waals surface area contributed by atoms with E-state index in [2.05, 4.69) is 23.1 Å². The van der Waals surface area contributed by atoms with Crippen LogP contribution < -0.4 is 0 Å². The second kappa shape index (κ2) is 5.62. The Hall–Kier alpha value is -0.640. The molecule has 1 aliphatic heterocycles. The van der Waals surface area contributed by atoms with Gasteiger partial charge in [0.15, 0.2) is 0 Å². The molecule has 1 fully saturated rings. The van der Waals surface area contributed by atoms with Crippen molar-refractivity contribution in [1.82, 2.24) is 4.90 Å². The minimum Gasteiger partial charge on any atom is -0.394 e. The van der Waals surface area contributed by atoms with Gasteiger partial charge in [-0.2, -0.15) is 0 Å². The van der Waals surface area contributed by atoms with Crippen LogP contribution in [-0.2, 0) is 0 Å². The monoisotopic (exact) mass is 223 g/mol. The molecule has 1 aliphatic carbocycles. The Balaban J connectivity index is 1.99. The van der Waals surface area contributed by atoms with Gasteiger partial charge in [0, 0.05) is 13.1 Å². The Morgan fingerprint density at radius 2 is 2.06 bits per heavy atom. The molecule has 0 aromatic rings. The van der Waals surface area contributed by atoms with Crippen LogP contribution >= 0.6 is 0 Å². The Labute approximate surface area is 97.1 Å². The third-order valence-corrected chi connectivity index (χ3v) is 3.52. The lowest BCUT2D eigenvalue weighted by molar-refractivity contribution is 0.0534. The molecule has 2 rings (SSSR count). The zero-order chi connectivity index (χ0) is 11.4. The number of hydrogen-bond donors (Lipinski definition) is 2. The average Bonchev–Trinajstić information content (AvgIpc) is 2.34. The van der Waals surface area contributed by atoms with Gasteiger partial charge in [-0.15, -0.1) is 0 Å². The largest absolute Gasteiger partial charge is 0.394 e. The molecule has 1 unspecified atom stereocenters. The van der Waals surface area contributed by atoms with Crippen LogP contribution in [-0.4, -0.2) is 47.0 Å². The topological polar surface area (TPSA) is 43.7 Å². The number of nitrogens with zero attached hydrogens (tertiary/aromatic N) is 1. The van der Waals surface area contributed by atoms with Gasteiger partial charge in [-0.05, 0) is 31.3 Å². The summed E-state index contributed by atoms with van der Waals surface area (Å²) < 4.78 is 0. The fourth-order valence-corrected chi connectivity index (χ4v) is 2.51. The van der Waals surface area contributed by atoms with Crippen molar-refractivity contribution in [3.05, 3.63) is 23.8 Å². The van der Waals surface area contributed by atoms with Gasteiger partial charge in [0.25, 0.3) is 0 Å². The summed E-state index contributed by atoms with van der Waals surface area (Å²) in [5, 5.41) is 19.0. The van der Waals surface area contributed by atoms with Crippen LogP contribution in [0.5, 0.6) is 0 Å². The van der Waals surface area contributed by atoms with Gasteiger partial charge in [-0.3, -0.25) is 4.90 Å². The van der Waals surface area contributed by atoms with E-state index in [0.717, 1.165) is 38.8 Å². The van der Waals surface area contributed by atoms with Crippen LogP contribution in [0, 0.1) is 0 Å². The summed E-state index contributed by atoms with van der Waals surface area (Å²) in [5.41, 5.74) is 1.24. The lowest BCUT2D eigenvalue weighted by Crippen LogP contribution is -2.45. The van der Waals surface area contributed by atoms with E-state index in [4.69, 9.17) is 0 Å². The third kappa shape index (κ3) is 2.73. The van der Waals surface area contributed by atoms with Crippen molar-refractivity contribution in [3.63, 3.8) is 0 Å². The molecule has 0 saturated carbocycles. The molecule has 3 heteroatoms. The maximum Gasteiger partial charge on any atom is 0.0628 e. The molecule has 1 heterocycles. The minimum atomic E-state index is -0.147. The molecule has 1 saturated heterocycles. The van der Waals surface area contributed by atoms with Crippen molar-refractivity contribution >= 4 is 0 Å². The number of rotatable bonds is 3. The summed E-state index contributed by atoms with van der Waals surface area (Å²) in [4.78, 5) is 2.29. The van der Waals surface area contributed by atoms with Gasteiger partial charge < -0.3 is 10.2 Å². The summed E-state index contributed by atoms with van der Waals surface area (Å²) in [6, 6.07) is 0.129. The van der Waals surface area contributed by atoms with Crippen LogP contribution in [0.25, 0.3) is 0 Å². The predicted octanol–water partition coefficient (Wildman–Crippen LogP) is 1.08. The second-order valence-corrected chi connectivity index (χ2v) is 4.65. The maximum atomic E-state index is 9.52. The first-order valence-electron chi connectivity index (χ1n) is 6.21. The van der Waals surface area contributed by atoms with E-state index in [1.807, 2.05) is 0 Å². The Morgan fingerprint density at radius 3 is 2.62 bits per heavy atom. The molecule has 2 aliphatic rings. The lowest BCUT2D eigenvalue weighted by atomic mass is 9.97.